The normalized spacial score (nSPS) is 34.8. The van der Waals surface area contributed by atoms with E-state index < -0.39 is 0 Å². The summed E-state index contributed by atoms with van der Waals surface area (Å²) in [7, 11) is 0. The standard InChI is InChI=1S/C7H13NS2/c1-5-6(2)10-4-3-7(9)8-5/h5-6H,3-4H2,1-2H3,(H,8,9). The van der Waals surface area contributed by atoms with E-state index in [0.29, 0.717) is 11.3 Å². The van der Waals surface area contributed by atoms with Gasteiger partial charge in [-0.3, -0.25) is 0 Å². The first-order valence-corrected chi connectivity index (χ1v) is 5.07. The fourth-order valence-corrected chi connectivity index (χ4v) is 2.39. The molecule has 3 heteroatoms. The molecule has 2 atom stereocenters. The molecule has 0 spiro atoms. The van der Waals surface area contributed by atoms with Gasteiger partial charge in [0.05, 0.1) is 4.99 Å². The molecule has 0 saturated carbocycles. The first kappa shape index (κ1) is 8.34. The largest absolute Gasteiger partial charge is 0.376 e. The molecule has 1 rings (SSSR count). The average Bonchev–Trinajstić information content (AvgIpc) is 1.96. The number of thioether (sulfide) groups is 1. The van der Waals surface area contributed by atoms with Gasteiger partial charge in [0.25, 0.3) is 0 Å². The van der Waals surface area contributed by atoms with E-state index in [1.54, 1.807) is 0 Å². The summed E-state index contributed by atoms with van der Waals surface area (Å²) in [4.78, 5) is 1.03. The highest BCUT2D eigenvalue weighted by Gasteiger charge is 2.16. The highest BCUT2D eigenvalue weighted by atomic mass is 32.2. The van der Waals surface area contributed by atoms with Crippen LogP contribution in [0.25, 0.3) is 0 Å². The topological polar surface area (TPSA) is 12.0 Å². The molecule has 1 fully saturated rings. The minimum Gasteiger partial charge on any atom is -0.376 e. The lowest BCUT2D eigenvalue weighted by molar-refractivity contribution is 0.662. The first-order valence-electron chi connectivity index (χ1n) is 3.61. The quantitative estimate of drug-likeness (QED) is 0.564. The fourth-order valence-electron chi connectivity index (χ4n) is 0.925. The molecule has 1 aliphatic rings. The zero-order valence-electron chi connectivity index (χ0n) is 6.39. The van der Waals surface area contributed by atoms with E-state index in [9.17, 15) is 0 Å². The van der Waals surface area contributed by atoms with Crippen molar-refractivity contribution in [2.45, 2.75) is 31.6 Å². The maximum atomic E-state index is 5.10. The highest BCUT2D eigenvalue weighted by molar-refractivity contribution is 8.00. The Kier molecular flexibility index (Phi) is 2.98. The Labute approximate surface area is 72.0 Å². The maximum absolute atomic E-state index is 5.10. The van der Waals surface area contributed by atoms with Gasteiger partial charge in [-0.15, -0.1) is 0 Å². The second kappa shape index (κ2) is 3.58. The van der Waals surface area contributed by atoms with Gasteiger partial charge >= 0.3 is 0 Å². The second-order valence-corrected chi connectivity index (χ2v) is 4.66. The molecule has 0 radical (unpaired) electrons. The molecular formula is C7H13NS2. The van der Waals surface area contributed by atoms with Gasteiger partial charge in [0.1, 0.15) is 0 Å². The lowest BCUT2D eigenvalue weighted by Gasteiger charge is -2.16. The van der Waals surface area contributed by atoms with Crippen LogP contribution in [0.2, 0.25) is 0 Å². The van der Waals surface area contributed by atoms with Crippen molar-refractivity contribution in [1.82, 2.24) is 5.32 Å². The number of hydrogen-bond donors (Lipinski definition) is 1. The van der Waals surface area contributed by atoms with Crippen LogP contribution < -0.4 is 5.32 Å². The molecule has 1 heterocycles. The molecule has 0 aromatic carbocycles. The zero-order valence-corrected chi connectivity index (χ0v) is 8.02. The molecule has 1 nitrogen and oxygen atoms in total. The Hall–Kier alpha value is 0.240. The van der Waals surface area contributed by atoms with Gasteiger partial charge in [0.15, 0.2) is 0 Å². The summed E-state index contributed by atoms with van der Waals surface area (Å²) < 4.78 is 0. The molecule has 0 amide bonds. The van der Waals surface area contributed by atoms with Crippen molar-refractivity contribution in [3.05, 3.63) is 0 Å². The van der Waals surface area contributed by atoms with Crippen molar-refractivity contribution in [2.75, 3.05) is 5.75 Å². The Morgan fingerprint density at radius 3 is 3.00 bits per heavy atom. The third-order valence-corrected chi connectivity index (χ3v) is 3.50. The Morgan fingerprint density at radius 1 is 1.60 bits per heavy atom. The third-order valence-electron chi connectivity index (χ3n) is 1.80. The molecular weight excluding hydrogens is 162 g/mol. The molecule has 0 aromatic rings. The Bertz CT molecular complexity index is 136. The summed E-state index contributed by atoms with van der Waals surface area (Å²) in [6.07, 6.45) is 1.05. The minimum atomic E-state index is 0.542. The van der Waals surface area contributed by atoms with Crippen molar-refractivity contribution < 1.29 is 0 Å². The van der Waals surface area contributed by atoms with E-state index in [4.69, 9.17) is 12.2 Å². The van der Waals surface area contributed by atoms with E-state index in [1.165, 1.54) is 5.75 Å². The molecule has 10 heavy (non-hydrogen) atoms. The van der Waals surface area contributed by atoms with Crippen molar-refractivity contribution in [2.24, 2.45) is 0 Å². The van der Waals surface area contributed by atoms with E-state index in [1.807, 2.05) is 11.8 Å². The first-order chi connectivity index (χ1) is 4.70. The molecule has 2 unspecified atom stereocenters. The van der Waals surface area contributed by atoms with Crippen molar-refractivity contribution in [3.8, 4) is 0 Å². The van der Waals surface area contributed by atoms with Crippen LogP contribution in [0.3, 0.4) is 0 Å². The number of nitrogens with one attached hydrogen (secondary N) is 1. The minimum absolute atomic E-state index is 0.542. The van der Waals surface area contributed by atoms with Crippen LogP contribution in [0.5, 0.6) is 0 Å². The number of rotatable bonds is 0. The zero-order chi connectivity index (χ0) is 7.56. The molecule has 0 aromatic heterocycles. The average molecular weight is 175 g/mol. The van der Waals surface area contributed by atoms with Gasteiger partial charge in [-0.05, 0) is 12.7 Å². The van der Waals surface area contributed by atoms with Crippen molar-refractivity contribution in [1.29, 1.82) is 0 Å². The summed E-state index contributed by atoms with van der Waals surface area (Å²) in [5, 5.41) is 4.00. The summed E-state index contributed by atoms with van der Waals surface area (Å²) in [6.45, 7) is 4.44. The summed E-state index contributed by atoms with van der Waals surface area (Å²) in [5.41, 5.74) is 0. The van der Waals surface area contributed by atoms with Gasteiger partial charge in [-0.25, -0.2) is 0 Å². The summed E-state index contributed by atoms with van der Waals surface area (Å²) >= 11 is 7.10. The van der Waals surface area contributed by atoms with Crippen molar-refractivity contribution in [3.63, 3.8) is 0 Å². The molecule has 1 saturated heterocycles. The van der Waals surface area contributed by atoms with Gasteiger partial charge in [-0.2, -0.15) is 11.8 Å². The predicted octanol–water partition coefficient (Wildman–Crippen LogP) is 1.82. The van der Waals surface area contributed by atoms with E-state index in [0.717, 1.165) is 11.4 Å². The van der Waals surface area contributed by atoms with Crippen LogP contribution in [0.4, 0.5) is 0 Å². The van der Waals surface area contributed by atoms with Crippen LogP contribution in [0, 0.1) is 0 Å². The SMILES string of the molecule is CC1NC(=S)CCSC1C. The van der Waals surface area contributed by atoms with Crippen LogP contribution in [-0.2, 0) is 0 Å². The molecule has 0 aliphatic carbocycles. The Balaban J connectivity index is 2.49. The maximum Gasteiger partial charge on any atom is 0.0764 e. The third kappa shape index (κ3) is 2.13. The number of hydrogen-bond acceptors (Lipinski definition) is 2. The van der Waals surface area contributed by atoms with Gasteiger partial charge in [0.2, 0.25) is 0 Å². The monoisotopic (exact) mass is 175 g/mol. The Morgan fingerprint density at radius 2 is 2.30 bits per heavy atom. The lowest BCUT2D eigenvalue weighted by atomic mass is 10.2. The highest BCUT2D eigenvalue weighted by Crippen LogP contribution is 2.18. The van der Waals surface area contributed by atoms with E-state index >= 15 is 0 Å². The van der Waals surface area contributed by atoms with Crippen LogP contribution in [0.1, 0.15) is 20.3 Å². The van der Waals surface area contributed by atoms with Gasteiger partial charge in [-0.1, -0.05) is 19.1 Å². The van der Waals surface area contributed by atoms with E-state index in [-0.39, 0.29) is 0 Å². The molecule has 1 N–H and O–H groups in total. The van der Waals surface area contributed by atoms with Crippen LogP contribution >= 0.6 is 24.0 Å². The molecule has 58 valence electrons. The van der Waals surface area contributed by atoms with Crippen LogP contribution in [0.15, 0.2) is 0 Å². The predicted molar refractivity (Wildman–Crippen MR) is 51.7 cm³/mol. The van der Waals surface area contributed by atoms with E-state index in [2.05, 4.69) is 19.2 Å². The summed E-state index contributed by atoms with van der Waals surface area (Å²) in [5.74, 6) is 1.18. The second-order valence-electron chi connectivity index (χ2n) is 2.68. The number of thiocarbonyl (C=S) groups is 1. The van der Waals surface area contributed by atoms with Gasteiger partial charge in [0, 0.05) is 17.7 Å². The smallest absolute Gasteiger partial charge is 0.0764 e. The lowest BCUT2D eigenvalue weighted by Crippen LogP contribution is -2.35. The molecule has 0 bridgehead atoms. The fraction of sp³-hybridized carbons (Fsp3) is 0.857. The van der Waals surface area contributed by atoms with Crippen molar-refractivity contribution >= 4 is 29.0 Å². The van der Waals surface area contributed by atoms with Gasteiger partial charge < -0.3 is 5.32 Å². The van der Waals surface area contributed by atoms with Crippen LogP contribution in [-0.4, -0.2) is 22.0 Å². The molecule has 1 aliphatic heterocycles. The summed E-state index contributed by atoms with van der Waals surface area (Å²) in [6, 6.07) is 0.542.